The minimum absolute atomic E-state index is 0.0764. The molecule has 0 aromatic heterocycles. The molecule has 2 amide bonds. The third-order valence-corrected chi connectivity index (χ3v) is 0.870. The van der Waals surface area contributed by atoms with E-state index in [9.17, 15) is 4.79 Å². The van der Waals surface area contributed by atoms with Crippen LogP contribution in [0.25, 0.3) is 0 Å². The number of carbonyl (C=O) groups excluding carboxylic acids is 1. The van der Waals surface area contributed by atoms with Crippen molar-refractivity contribution in [3.63, 3.8) is 0 Å². The second kappa shape index (κ2) is 3.29. The summed E-state index contributed by atoms with van der Waals surface area (Å²) < 4.78 is 0. The molecule has 1 unspecified atom stereocenters. The van der Waals surface area contributed by atoms with Crippen LogP contribution in [0.15, 0.2) is 0 Å². The van der Waals surface area contributed by atoms with Gasteiger partial charge in [-0.1, -0.05) is 6.92 Å². The highest BCUT2D eigenvalue weighted by Gasteiger charge is 1.97. The Morgan fingerprint density at radius 2 is 2.38 bits per heavy atom. The highest BCUT2D eigenvalue weighted by molar-refractivity contribution is 5.72. The minimum atomic E-state index is -0.476. The van der Waals surface area contributed by atoms with Crippen molar-refractivity contribution in [2.24, 2.45) is 5.73 Å². The Morgan fingerprint density at radius 1 is 1.88 bits per heavy atom. The predicted molar refractivity (Wildman–Crippen MR) is 32.2 cm³/mol. The fourth-order valence-corrected chi connectivity index (χ4v) is 0.308. The largest absolute Gasteiger partial charge is 0.352 e. The zero-order valence-electron chi connectivity index (χ0n) is 5.14. The number of carbonyl (C=O) groups is 1. The molecule has 0 saturated carbocycles. The molecule has 8 heavy (non-hydrogen) atoms. The summed E-state index contributed by atoms with van der Waals surface area (Å²) in [6.07, 6.45) is 1.85. The lowest BCUT2D eigenvalue weighted by atomic mass is 10.3. The van der Waals surface area contributed by atoms with E-state index < -0.39 is 6.03 Å². The monoisotopic (exact) mass is 115 g/mol. The van der Waals surface area contributed by atoms with E-state index in [1.807, 2.05) is 20.3 Å². The smallest absolute Gasteiger partial charge is 0.312 e. The summed E-state index contributed by atoms with van der Waals surface area (Å²) in [7, 11) is 0. The first kappa shape index (κ1) is 7.27. The van der Waals surface area contributed by atoms with Crippen molar-refractivity contribution >= 4 is 6.03 Å². The maximum Gasteiger partial charge on any atom is 0.312 e. The van der Waals surface area contributed by atoms with Crippen LogP contribution >= 0.6 is 0 Å². The van der Waals surface area contributed by atoms with Crippen LogP contribution in [0.3, 0.4) is 0 Å². The number of primary amides is 1. The first-order chi connectivity index (χ1) is 3.66. The summed E-state index contributed by atoms with van der Waals surface area (Å²) in [5, 5.41) is 2.48. The van der Waals surface area contributed by atoms with E-state index >= 15 is 0 Å². The molecule has 0 spiro atoms. The van der Waals surface area contributed by atoms with Crippen LogP contribution in [0, 0.1) is 6.42 Å². The Balaban J connectivity index is 3.24. The minimum Gasteiger partial charge on any atom is -0.352 e. The Morgan fingerprint density at radius 3 is 2.50 bits per heavy atom. The molecule has 3 N–H and O–H groups in total. The average molecular weight is 115 g/mol. The molecule has 0 rings (SSSR count). The van der Waals surface area contributed by atoms with Crippen LogP contribution in [0.2, 0.25) is 0 Å². The number of urea groups is 1. The fraction of sp³-hybridized carbons (Fsp3) is 0.600. The van der Waals surface area contributed by atoms with E-state index in [-0.39, 0.29) is 6.04 Å². The summed E-state index contributed by atoms with van der Waals surface area (Å²) in [4.78, 5) is 10.1. The molecule has 0 bridgehead atoms. The predicted octanol–water partition coefficient (Wildman–Crippen LogP) is 0.267. The van der Waals surface area contributed by atoms with Crippen LogP contribution in [0.4, 0.5) is 4.79 Å². The average Bonchev–Trinajstić information content (AvgIpc) is 1.65. The standard InChI is InChI=1S/C5H11N2O/c1-3-4(2)7-5(6)8/h3-4H,1-2H3,(H3,6,7,8). The van der Waals surface area contributed by atoms with E-state index in [0.717, 1.165) is 0 Å². The highest BCUT2D eigenvalue weighted by atomic mass is 16.2. The zero-order chi connectivity index (χ0) is 6.57. The maximum absolute atomic E-state index is 10.1. The number of amides is 2. The van der Waals surface area contributed by atoms with Gasteiger partial charge in [-0.2, -0.15) is 0 Å². The molecule has 0 heterocycles. The van der Waals surface area contributed by atoms with Crippen molar-refractivity contribution in [1.29, 1.82) is 0 Å². The van der Waals surface area contributed by atoms with E-state index in [1.165, 1.54) is 0 Å². The summed E-state index contributed by atoms with van der Waals surface area (Å²) in [6, 6.07) is -0.400. The number of nitrogens with one attached hydrogen (secondary N) is 1. The van der Waals surface area contributed by atoms with Crippen molar-refractivity contribution < 1.29 is 4.79 Å². The Hall–Kier alpha value is -0.730. The number of rotatable bonds is 2. The topological polar surface area (TPSA) is 55.1 Å². The van der Waals surface area contributed by atoms with Crippen molar-refractivity contribution in [2.45, 2.75) is 19.9 Å². The van der Waals surface area contributed by atoms with Crippen LogP contribution < -0.4 is 11.1 Å². The molecule has 0 fully saturated rings. The van der Waals surface area contributed by atoms with Gasteiger partial charge in [-0.15, -0.1) is 0 Å². The Kier molecular flexibility index (Phi) is 2.99. The summed E-state index contributed by atoms with van der Waals surface area (Å²) in [5.41, 5.74) is 4.80. The second-order valence-electron chi connectivity index (χ2n) is 1.63. The molecule has 3 nitrogen and oxygen atoms in total. The lowest BCUT2D eigenvalue weighted by Gasteiger charge is -2.06. The lowest BCUT2D eigenvalue weighted by Crippen LogP contribution is -2.36. The van der Waals surface area contributed by atoms with Gasteiger partial charge in [-0.25, -0.2) is 4.79 Å². The van der Waals surface area contributed by atoms with Crippen molar-refractivity contribution in [3.8, 4) is 0 Å². The fourth-order valence-electron chi connectivity index (χ4n) is 0.308. The van der Waals surface area contributed by atoms with Gasteiger partial charge in [0.25, 0.3) is 0 Å². The first-order valence-electron chi connectivity index (χ1n) is 2.52. The molecule has 1 atom stereocenters. The molecule has 0 aromatic rings. The first-order valence-corrected chi connectivity index (χ1v) is 2.52. The molecule has 3 heteroatoms. The SMILES string of the molecule is C[CH]C(C)NC(N)=O. The normalized spacial score (nSPS) is 12.8. The number of hydrogen-bond donors (Lipinski definition) is 2. The van der Waals surface area contributed by atoms with Gasteiger partial charge in [0.05, 0.1) is 0 Å². The second-order valence-corrected chi connectivity index (χ2v) is 1.63. The van der Waals surface area contributed by atoms with Gasteiger partial charge in [0, 0.05) is 6.04 Å². The lowest BCUT2D eigenvalue weighted by molar-refractivity contribution is 0.247. The van der Waals surface area contributed by atoms with Gasteiger partial charge in [0.15, 0.2) is 0 Å². The number of nitrogens with two attached hydrogens (primary N) is 1. The van der Waals surface area contributed by atoms with E-state index in [0.29, 0.717) is 0 Å². The summed E-state index contributed by atoms with van der Waals surface area (Å²) in [6.45, 7) is 3.71. The van der Waals surface area contributed by atoms with Crippen molar-refractivity contribution in [3.05, 3.63) is 6.42 Å². The molecular weight excluding hydrogens is 104 g/mol. The molecular formula is C5H11N2O. The van der Waals surface area contributed by atoms with E-state index in [4.69, 9.17) is 5.73 Å². The molecule has 0 aliphatic heterocycles. The van der Waals surface area contributed by atoms with E-state index in [2.05, 4.69) is 5.32 Å². The third-order valence-electron chi connectivity index (χ3n) is 0.870. The van der Waals surface area contributed by atoms with Gasteiger partial charge in [0.1, 0.15) is 0 Å². The highest BCUT2D eigenvalue weighted by Crippen LogP contribution is 1.82. The van der Waals surface area contributed by atoms with Gasteiger partial charge >= 0.3 is 6.03 Å². The summed E-state index contributed by atoms with van der Waals surface area (Å²) >= 11 is 0. The molecule has 0 saturated heterocycles. The van der Waals surface area contributed by atoms with Crippen LogP contribution in [0.1, 0.15) is 13.8 Å². The molecule has 47 valence electrons. The van der Waals surface area contributed by atoms with Gasteiger partial charge in [-0.3, -0.25) is 0 Å². The van der Waals surface area contributed by atoms with Crippen molar-refractivity contribution in [2.75, 3.05) is 0 Å². The Labute approximate surface area is 49.3 Å². The summed E-state index contributed by atoms with van der Waals surface area (Å²) in [5.74, 6) is 0. The maximum atomic E-state index is 10.1. The van der Waals surface area contributed by atoms with Crippen molar-refractivity contribution in [1.82, 2.24) is 5.32 Å². The van der Waals surface area contributed by atoms with Gasteiger partial charge < -0.3 is 11.1 Å². The quantitative estimate of drug-likeness (QED) is 0.533. The Bertz CT molecular complexity index is 82.5. The molecule has 1 radical (unpaired) electrons. The molecule has 0 aromatic carbocycles. The molecule has 0 aliphatic carbocycles. The van der Waals surface area contributed by atoms with Crippen LogP contribution in [-0.2, 0) is 0 Å². The van der Waals surface area contributed by atoms with Crippen LogP contribution in [0.5, 0.6) is 0 Å². The van der Waals surface area contributed by atoms with Gasteiger partial charge in [0.2, 0.25) is 0 Å². The van der Waals surface area contributed by atoms with E-state index in [1.54, 1.807) is 0 Å². The van der Waals surface area contributed by atoms with Crippen LogP contribution in [-0.4, -0.2) is 12.1 Å². The third kappa shape index (κ3) is 3.46. The molecule has 0 aliphatic rings. The number of hydrogen-bond acceptors (Lipinski definition) is 1. The van der Waals surface area contributed by atoms with Gasteiger partial charge in [-0.05, 0) is 13.3 Å². The zero-order valence-corrected chi connectivity index (χ0v) is 5.14.